The van der Waals surface area contributed by atoms with Crippen LogP contribution in [-0.4, -0.2) is 51.1 Å². The Morgan fingerprint density at radius 3 is 2.62 bits per heavy atom. The van der Waals surface area contributed by atoms with Gasteiger partial charge in [0, 0.05) is 12.3 Å². The standard InChI is InChI=1S/C19H21N3O6S/c1-11-7-15-13(8-12(11)18(24)28-4)21-19(22(15)10-23)29(25)9-14-17(27-3)16(26-2)5-6-20-14/h5-8,23H,9-10H2,1-4H3. The van der Waals surface area contributed by atoms with Gasteiger partial charge in [-0.05, 0) is 24.6 Å². The molecule has 9 nitrogen and oxygen atoms in total. The molecule has 3 rings (SSSR count). The van der Waals surface area contributed by atoms with Crippen molar-refractivity contribution in [3.8, 4) is 11.5 Å². The molecule has 1 atom stereocenters. The van der Waals surface area contributed by atoms with Gasteiger partial charge in [0.25, 0.3) is 0 Å². The van der Waals surface area contributed by atoms with E-state index in [1.165, 1.54) is 32.1 Å². The van der Waals surface area contributed by atoms with E-state index in [1.807, 2.05) is 0 Å². The largest absolute Gasteiger partial charge is 0.493 e. The van der Waals surface area contributed by atoms with Gasteiger partial charge in [0.15, 0.2) is 11.5 Å². The van der Waals surface area contributed by atoms with Crippen LogP contribution in [0.5, 0.6) is 11.5 Å². The Labute approximate surface area is 169 Å². The lowest BCUT2D eigenvalue weighted by Crippen LogP contribution is -2.09. The third-order valence-electron chi connectivity index (χ3n) is 4.44. The van der Waals surface area contributed by atoms with Crippen LogP contribution in [0.1, 0.15) is 21.6 Å². The van der Waals surface area contributed by atoms with Crippen molar-refractivity contribution in [2.45, 2.75) is 24.6 Å². The topological polar surface area (TPSA) is 113 Å². The molecule has 10 heteroatoms. The Hall–Kier alpha value is -2.98. The Kier molecular flexibility index (Phi) is 6.14. The van der Waals surface area contributed by atoms with E-state index >= 15 is 0 Å². The van der Waals surface area contributed by atoms with E-state index in [-0.39, 0.29) is 10.9 Å². The quantitative estimate of drug-likeness (QED) is 0.577. The van der Waals surface area contributed by atoms with Gasteiger partial charge < -0.3 is 19.3 Å². The smallest absolute Gasteiger partial charge is 0.338 e. The molecule has 1 aromatic carbocycles. The molecule has 0 radical (unpaired) electrons. The number of nitrogens with zero attached hydrogens (tertiary/aromatic N) is 3. The van der Waals surface area contributed by atoms with E-state index in [0.717, 1.165) is 0 Å². The van der Waals surface area contributed by atoms with Crippen molar-refractivity contribution < 1.29 is 28.3 Å². The van der Waals surface area contributed by atoms with Crippen LogP contribution in [0, 0.1) is 6.92 Å². The zero-order valence-corrected chi connectivity index (χ0v) is 17.3. The molecule has 2 heterocycles. The van der Waals surface area contributed by atoms with E-state index < -0.39 is 23.5 Å². The zero-order chi connectivity index (χ0) is 21.1. The number of pyridine rings is 1. The summed E-state index contributed by atoms with van der Waals surface area (Å²) in [6, 6.07) is 4.91. The lowest BCUT2D eigenvalue weighted by atomic mass is 10.1. The molecule has 0 bridgehead atoms. The molecule has 3 aromatic rings. The average Bonchev–Trinajstić information content (AvgIpc) is 3.09. The molecule has 0 spiro atoms. The van der Waals surface area contributed by atoms with Crippen LogP contribution in [0.3, 0.4) is 0 Å². The number of aryl methyl sites for hydroxylation is 1. The summed E-state index contributed by atoms with van der Waals surface area (Å²) in [4.78, 5) is 20.6. The van der Waals surface area contributed by atoms with Gasteiger partial charge in [0.05, 0.1) is 60.2 Å². The fourth-order valence-electron chi connectivity index (χ4n) is 3.04. The third kappa shape index (κ3) is 3.81. The number of hydrogen-bond donors (Lipinski definition) is 1. The summed E-state index contributed by atoms with van der Waals surface area (Å²) in [7, 11) is 2.63. The number of carbonyl (C=O) groups excluding carboxylic acids is 1. The van der Waals surface area contributed by atoms with E-state index in [2.05, 4.69) is 9.97 Å². The van der Waals surface area contributed by atoms with E-state index in [1.54, 1.807) is 25.1 Å². The number of fused-ring (bicyclic) bond motifs is 1. The first-order valence-corrected chi connectivity index (χ1v) is 9.91. The second-order valence-electron chi connectivity index (χ2n) is 6.09. The average molecular weight is 419 g/mol. The fourth-order valence-corrected chi connectivity index (χ4v) is 4.22. The van der Waals surface area contributed by atoms with Crippen molar-refractivity contribution in [3.63, 3.8) is 0 Å². The molecular formula is C19H21N3O6S. The predicted octanol–water partition coefficient (Wildman–Crippen LogP) is 1.80. The van der Waals surface area contributed by atoms with Gasteiger partial charge in [0.2, 0.25) is 5.16 Å². The van der Waals surface area contributed by atoms with Crippen LogP contribution < -0.4 is 9.47 Å². The highest BCUT2D eigenvalue weighted by Gasteiger charge is 2.22. The molecule has 0 saturated heterocycles. The number of hydrogen-bond acceptors (Lipinski definition) is 8. The highest BCUT2D eigenvalue weighted by molar-refractivity contribution is 7.84. The number of carbonyl (C=O) groups is 1. The molecule has 0 aliphatic carbocycles. The van der Waals surface area contributed by atoms with Gasteiger partial charge in [-0.25, -0.2) is 9.78 Å². The van der Waals surface area contributed by atoms with Crippen LogP contribution >= 0.6 is 0 Å². The van der Waals surface area contributed by atoms with Crippen molar-refractivity contribution in [1.29, 1.82) is 0 Å². The monoisotopic (exact) mass is 419 g/mol. The minimum Gasteiger partial charge on any atom is -0.493 e. The minimum atomic E-state index is -1.65. The SMILES string of the molecule is COC(=O)c1cc2nc(S(=O)Cc3nccc(OC)c3OC)n(CO)c2cc1C. The molecule has 0 fully saturated rings. The van der Waals surface area contributed by atoms with Gasteiger partial charge in [-0.1, -0.05) is 0 Å². The second-order valence-corrected chi connectivity index (χ2v) is 7.44. The molecule has 154 valence electrons. The summed E-state index contributed by atoms with van der Waals surface area (Å²) in [5, 5.41) is 10.0. The van der Waals surface area contributed by atoms with Crippen LogP contribution in [0.4, 0.5) is 0 Å². The first kappa shape index (κ1) is 20.7. The van der Waals surface area contributed by atoms with Gasteiger partial charge >= 0.3 is 5.97 Å². The van der Waals surface area contributed by atoms with Gasteiger partial charge in [-0.15, -0.1) is 0 Å². The molecule has 0 saturated carbocycles. The summed E-state index contributed by atoms with van der Waals surface area (Å²) >= 11 is 0. The number of aliphatic hydroxyl groups is 1. The summed E-state index contributed by atoms with van der Waals surface area (Å²) in [5.74, 6) is 0.380. The highest BCUT2D eigenvalue weighted by atomic mass is 32.2. The molecule has 0 aliphatic heterocycles. The molecule has 1 N–H and O–H groups in total. The molecule has 2 aromatic heterocycles. The number of benzene rings is 1. The number of aliphatic hydroxyl groups excluding tert-OH is 1. The maximum absolute atomic E-state index is 13.1. The van der Waals surface area contributed by atoms with Gasteiger partial charge in [-0.2, -0.15) is 0 Å². The lowest BCUT2D eigenvalue weighted by molar-refractivity contribution is 0.0600. The van der Waals surface area contributed by atoms with Crippen molar-refractivity contribution in [2.24, 2.45) is 0 Å². The summed E-state index contributed by atoms with van der Waals surface area (Å²) in [5.41, 5.74) is 2.45. The van der Waals surface area contributed by atoms with Crippen molar-refractivity contribution >= 4 is 27.8 Å². The number of esters is 1. The minimum absolute atomic E-state index is 0.00648. The lowest BCUT2D eigenvalue weighted by Gasteiger charge is -2.11. The van der Waals surface area contributed by atoms with Crippen LogP contribution in [-0.2, 0) is 28.0 Å². The molecule has 0 amide bonds. The Bertz CT molecular complexity index is 1100. The summed E-state index contributed by atoms with van der Waals surface area (Å²) in [6.45, 7) is 1.33. The van der Waals surface area contributed by atoms with Gasteiger partial charge in [-0.3, -0.25) is 13.8 Å². The van der Waals surface area contributed by atoms with E-state index in [0.29, 0.717) is 39.4 Å². The molecule has 0 aliphatic rings. The molecule has 29 heavy (non-hydrogen) atoms. The fraction of sp³-hybridized carbons (Fsp3) is 0.316. The number of methoxy groups -OCH3 is 3. The van der Waals surface area contributed by atoms with Crippen molar-refractivity contribution in [2.75, 3.05) is 21.3 Å². The van der Waals surface area contributed by atoms with Crippen molar-refractivity contribution in [3.05, 3.63) is 41.2 Å². The zero-order valence-electron chi connectivity index (χ0n) is 16.5. The number of imidazole rings is 1. The van der Waals surface area contributed by atoms with Gasteiger partial charge in [0.1, 0.15) is 6.73 Å². The number of ether oxygens (including phenoxy) is 3. The van der Waals surface area contributed by atoms with Crippen LogP contribution in [0.2, 0.25) is 0 Å². The van der Waals surface area contributed by atoms with Crippen molar-refractivity contribution in [1.82, 2.24) is 14.5 Å². The third-order valence-corrected chi connectivity index (χ3v) is 5.70. The second kappa shape index (κ2) is 8.58. The highest BCUT2D eigenvalue weighted by Crippen LogP contribution is 2.31. The maximum atomic E-state index is 13.1. The molecular weight excluding hydrogens is 398 g/mol. The van der Waals surface area contributed by atoms with Crippen LogP contribution in [0.25, 0.3) is 11.0 Å². The Morgan fingerprint density at radius 2 is 2.00 bits per heavy atom. The maximum Gasteiger partial charge on any atom is 0.338 e. The number of aromatic nitrogens is 3. The first-order chi connectivity index (χ1) is 13.9. The molecule has 1 unspecified atom stereocenters. The predicted molar refractivity (Wildman–Crippen MR) is 105 cm³/mol. The summed E-state index contributed by atoms with van der Waals surface area (Å²) < 4.78 is 29.9. The Balaban J connectivity index is 2.05. The van der Waals surface area contributed by atoms with E-state index in [9.17, 15) is 14.1 Å². The normalized spacial score (nSPS) is 12.0. The van der Waals surface area contributed by atoms with Crippen LogP contribution in [0.15, 0.2) is 29.6 Å². The first-order valence-electron chi connectivity index (χ1n) is 8.59. The Morgan fingerprint density at radius 1 is 1.24 bits per heavy atom. The van der Waals surface area contributed by atoms with E-state index in [4.69, 9.17) is 14.2 Å². The summed E-state index contributed by atoms with van der Waals surface area (Å²) in [6.07, 6.45) is 1.54. The number of rotatable bonds is 7.